The lowest BCUT2D eigenvalue weighted by Gasteiger charge is -2.19. The summed E-state index contributed by atoms with van der Waals surface area (Å²) in [5.41, 5.74) is 1.52. The molecule has 0 saturated heterocycles. The topological polar surface area (TPSA) is 68.9 Å². The summed E-state index contributed by atoms with van der Waals surface area (Å²) in [7, 11) is 0. The molecule has 1 aromatic rings. The molecule has 0 spiro atoms. The lowest BCUT2D eigenvalue weighted by molar-refractivity contribution is 0.205. The summed E-state index contributed by atoms with van der Waals surface area (Å²) in [5.74, 6) is 0.382. The van der Waals surface area contributed by atoms with Crippen LogP contribution in [0.1, 0.15) is 30.5 Å². The zero-order valence-corrected chi connectivity index (χ0v) is 9.76. The number of pyridine rings is 1. The first-order valence-corrected chi connectivity index (χ1v) is 6.02. The Labute approximate surface area is 101 Å². The van der Waals surface area contributed by atoms with Crippen LogP contribution in [0.5, 0.6) is 0 Å². The normalized spacial score (nSPS) is 23.5. The molecule has 90 valence electrons. The Bertz CT molecular complexity index is 413. The van der Waals surface area contributed by atoms with Crippen molar-refractivity contribution in [2.45, 2.75) is 31.8 Å². The van der Waals surface area contributed by atoms with E-state index in [4.69, 9.17) is 5.26 Å². The van der Waals surface area contributed by atoms with Crippen molar-refractivity contribution in [3.05, 3.63) is 29.6 Å². The quantitative estimate of drug-likeness (QED) is 0.817. The number of aliphatic hydroxyl groups is 1. The molecule has 1 aromatic heterocycles. The van der Waals surface area contributed by atoms with Gasteiger partial charge in [0.25, 0.3) is 0 Å². The number of hydrogen-bond donors (Lipinski definition) is 2. The smallest absolute Gasteiger partial charge is 0.140 e. The molecule has 0 radical (unpaired) electrons. The molecule has 17 heavy (non-hydrogen) atoms. The van der Waals surface area contributed by atoms with Gasteiger partial charge in [-0.2, -0.15) is 5.26 Å². The van der Waals surface area contributed by atoms with Crippen molar-refractivity contribution in [3.63, 3.8) is 0 Å². The molecule has 1 fully saturated rings. The molecule has 1 saturated carbocycles. The first-order chi connectivity index (χ1) is 8.33. The number of hydrogen-bond acceptors (Lipinski definition) is 4. The van der Waals surface area contributed by atoms with Crippen LogP contribution >= 0.6 is 0 Å². The highest BCUT2D eigenvalue weighted by atomic mass is 16.3. The lowest BCUT2D eigenvalue weighted by Crippen LogP contribution is -2.33. The third kappa shape index (κ3) is 3.02. The Morgan fingerprint density at radius 1 is 1.53 bits per heavy atom. The molecule has 0 aliphatic heterocycles. The van der Waals surface area contributed by atoms with Crippen molar-refractivity contribution >= 4 is 0 Å². The molecule has 2 atom stereocenters. The van der Waals surface area contributed by atoms with Gasteiger partial charge in [0, 0.05) is 25.4 Å². The van der Waals surface area contributed by atoms with Crippen LogP contribution in [0, 0.1) is 17.2 Å². The fourth-order valence-corrected chi connectivity index (χ4v) is 2.42. The van der Waals surface area contributed by atoms with Crippen molar-refractivity contribution < 1.29 is 5.11 Å². The maximum atomic E-state index is 9.22. The third-order valence-corrected chi connectivity index (χ3v) is 3.40. The van der Waals surface area contributed by atoms with E-state index in [9.17, 15) is 5.11 Å². The van der Waals surface area contributed by atoms with Crippen LogP contribution in [0.4, 0.5) is 0 Å². The first kappa shape index (κ1) is 12.0. The van der Waals surface area contributed by atoms with Gasteiger partial charge in [0.15, 0.2) is 0 Å². The highest BCUT2D eigenvalue weighted by Crippen LogP contribution is 2.25. The largest absolute Gasteiger partial charge is 0.396 e. The van der Waals surface area contributed by atoms with Gasteiger partial charge in [-0.05, 0) is 36.5 Å². The van der Waals surface area contributed by atoms with Crippen LogP contribution in [0.15, 0.2) is 18.3 Å². The molecule has 1 heterocycles. The number of rotatable bonds is 4. The predicted molar refractivity (Wildman–Crippen MR) is 64.0 cm³/mol. The van der Waals surface area contributed by atoms with Gasteiger partial charge in [0.2, 0.25) is 0 Å². The minimum atomic E-state index is 0.261. The van der Waals surface area contributed by atoms with Crippen LogP contribution in [0.2, 0.25) is 0 Å². The molecule has 0 bridgehead atoms. The van der Waals surface area contributed by atoms with E-state index >= 15 is 0 Å². The minimum absolute atomic E-state index is 0.261. The standard InChI is InChI=1S/C13H17N3O/c14-7-12-6-10(4-5-15-12)8-16-13-3-1-2-11(13)9-17/h4-6,11,13,16-17H,1-3,8-9H2. The maximum absolute atomic E-state index is 9.22. The number of aromatic nitrogens is 1. The van der Waals surface area contributed by atoms with Crippen LogP contribution in [0.3, 0.4) is 0 Å². The molecule has 2 rings (SSSR count). The molecular formula is C13H17N3O. The molecule has 2 N–H and O–H groups in total. The highest BCUT2D eigenvalue weighted by molar-refractivity contribution is 5.25. The van der Waals surface area contributed by atoms with Crippen LogP contribution < -0.4 is 5.32 Å². The molecule has 1 aliphatic rings. The van der Waals surface area contributed by atoms with Crippen molar-refractivity contribution in [3.8, 4) is 6.07 Å². The van der Waals surface area contributed by atoms with Gasteiger partial charge in [-0.3, -0.25) is 0 Å². The molecule has 2 unspecified atom stereocenters. The van der Waals surface area contributed by atoms with Crippen LogP contribution in [-0.2, 0) is 6.54 Å². The van der Waals surface area contributed by atoms with E-state index < -0.39 is 0 Å². The zero-order valence-electron chi connectivity index (χ0n) is 9.76. The molecule has 1 aliphatic carbocycles. The summed E-state index contributed by atoms with van der Waals surface area (Å²) < 4.78 is 0. The number of nitrogens with zero attached hydrogens (tertiary/aromatic N) is 2. The fourth-order valence-electron chi connectivity index (χ4n) is 2.42. The van der Waals surface area contributed by atoms with Crippen molar-refractivity contribution in [2.75, 3.05) is 6.61 Å². The van der Waals surface area contributed by atoms with E-state index in [0.717, 1.165) is 24.9 Å². The van der Waals surface area contributed by atoms with Crippen molar-refractivity contribution in [1.29, 1.82) is 5.26 Å². The summed E-state index contributed by atoms with van der Waals surface area (Å²) in [4.78, 5) is 3.94. The SMILES string of the molecule is N#Cc1cc(CNC2CCCC2CO)ccn1. The van der Waals surface area contributed by atoms with E-state index in [1.165, 1.54) is 6.42 Å². The molecule has 4 heteroatoms. The van der Waals surface area contributed by atoms with Gasteiger partial charge < -0.3 is 10.4 Å². The second kappa shape index (κ2) is 5.76. The Balaban J connectivity index is 1.91. The number of nitrogens with one attached hydrogen (secondary N) is 1. The number of aliphatic hydroxyl groups excluding tert-OH is 1. The van der Waals surface area contributed by atoms with Gasteiger partial charge >= 0.3 is 0 Å². The monoisotopic (exact) mass is 231 g/mol. The molecule has 0 amide bonds. The second-order valence-electron chi connectivity index (χ2n) is 4.52. The third-order valence-electron chi connectivity index (χ3n) is 3.40. The fraction of sp³-hybridized carbons (Fsp3) is 0.538. The van der Waals surface area contributed by atoms with Crippen LogP contribution in [-0.4, -0.2) is 22.7 Å². The molecule has 4 nitrogen and oxygen atoms in total. The lowest BCUT2D eigenvalue weighted by atomic mass is 10.0. The van der Waals surface area contributed by atoms with Crippen molar-refractivity contribution in [1.82, 2.24) is 10.3 Å². The minimum Gasteiger partial charge on any atom is -0.396 e. The average molecular weight is 231 g/mol. The zero-order chi connectivity index (χ0) is 12.1. The summed E-state index contributed by atoms with van der Waals surface area (Å²) in [6, 6.07) is 6.15. The Kier molecular flexibility index (Phi) is 4.08. The van der Waals surface area contributed by atoms with Gasteiger partial charge in [0.1, 0.15) is 11.8 Å². The van der Waals surface area contributed by atoms with E-state index in [2.05, 4.69) is 10.3 Å². The summed E-state index contributed by atoms with van der Waals surface area (Å²) in [6.45, 7) is 0.996. The first-order valence-electron chi connectivity index (χ1n) is 6.02. The maximum Gasteiger partial charge on any atom is 0.140 e. The van der Waals surface area contributed by atoms with E-state index in [1.807, 2.05) is 12.1 Å². The van der Waals surface area contributed by atoms with Gasteiger partial charge in [0.05, 0.1) is 0 Å². The highest BCUT2D eigenvalue weighted by Gasteiger charge is 2.25. The van der Waals surface area contributed by atoms with Gasteiger partial charge in [-0.15, -0.1) is 0 Å². The van der Waals surface area contributed by atoms with E-state index in [-0.39, 0.29) is 6.61 Å². The van der Waals surface area contributed by atoms with Gasteiger partial charge in [-0.1, -0.05) is 6.42 Å². The second-order valence-corrected chi connectivity index (χ2v) is 4.52. The molecule has 0 aromatic carbocycles. The van der Waals surface area contributed by atoms with E-state index in [0.29, 0.717) is 17.7 Å². The van der Waals surface area contributed by atoms with E-state index in [1.54, 1.807) is 12.3 Å². The Morgan fingerprint density at radius 2 is 2.41 bits per heavy atom. The summed E-state index contributed by atoms with van der Waals surface area (Å²) in [6.07, 6.45) is 5.08. The Morgan fingerprint density at radius 3 is 3.18 bits per heavy atom. The Hall–Kier alpha value is -1.44. The van der Waals surface area contributed by atoms with Crippen LogP contribution in [0.25, 0.3) is 0 Å². The van der Waals surface area contributed by atoms with Gasteiger partial charge in [-0.25, -0.2) is 4.98 Å². The van der Waals surface area contributed by atoms with Crippen molar-refractivity contribution in [2.24, 2.45) is 5.92 Å². The summed E-state index contributed by atoms with van der Waals surface area (Å²) >= 11 is 0. The number of nitriles is 1. The molecular weight excluding hydrogens is 214 g/mol. The summed E-state index contributed by atoms with van der Waals surface area (Å²) in [5, 5.41) is 21.4. The predicted octanol–water partition coefficient (Wildman–Crippen LogP) is 1.20. The average Bonchev–Trinajstić information content (AvgIpc) is 2.84.